The summed E-state index contributed by atoms with van der Waals surface area (Å²) in [5, 5.41) is 0. The van der Waals surface area contributed by atoms with Gasteiger partial charge in [-0.15, -0.1) is 0 Å². The first-order valence-corrected chi connectivity index (χ1v) is 7.69. The minimum absolute atomic E-state index is 0.0623. The summed E-state index contributed by atoms with van der Waals surface area (Å²) in [7, 11) is 1.84. The summed E-state index contributed by atoms with van der Waals surface area (Å²) in [4.78, 5) is 24.9. The van der Waals surface area contributed by atoms with Crippen LogP contribution in [0.5, 0.6) is 0 Å². The van der Waals surface area contributed by atoms with Crippen LogP contribution in [0, 0.1) is 11.8 Å². The smallest absolute Gasteiger partial charge is 0.224 e. The third kappa shape index (κ3) is 9.96. The fraction of sp³-hybridized carbons (Fsp3) is 0.875. The molecule has 1 amide bonds. The Balaban J connectivity index is 3.59. The lowest BCUT2D eigenvalue weighted by molar-refractivity contribution is -0.131. The maximum atomic E-state index is 11.8. The Kier molecular flexibility index (Phi) is 10.3. The number of rotatable bonds is 11. The standard InChI is InChI=1S/C16H31NO3/c1-13(2)7-6-10-17(5)16(19)9-12-20-11-8-15(18)14(3)4/h13-14H,6-12H2,1-5H3. The lowest BCUT2D eigenvalue weighted by Gasteiger charge is -2.17. The fourth-order valence-electron chi connectivity index (χ4n) is 1.78. The van der Waals surface area contributed by atoms with Crippen LogP contribution in [-0.2, 0) is 14.3 Å². The summed E-state index contributed by atoms with van der Waals surface area (Å²) in [6.07, 6.45) is 3.03. The van der Waals surface area contributed by atoms with Crippen LogP contribution < -0.4 is 0 Å². The first kappa shape index (κ1) is 19.1. The number of ether oxygens (including phenoxy) is 1. The number of ketones is 1. The molecule has 0 N–H and O–H groups in total. The van der Waals surface area contributed by atoms with Crippen molar-refractivity contribution in [2.24, 2.45) is 11.8 Å². The van der Waals surface area contributed by atoms with Crippen molar-refractivity contribution < 1.29 is 14.3 Å². The van der Waals surface area contributed by atoms with E-state index >= 15 is 0 Å². The second-order valence-corrected chi connectivity index (χ2v) is 6.08. The molecule has 0 aliphatic rings. The molecule has 4 nitrogen and oxygen atoms in total. The summed E-state index contributed by atoms with van der Waals surface area (Å²) in [6, 6.07) is 0. The van der Waals surface area contributed by atoms with Gasteiger partial charge in [-0.25, -0.2) is 0 Å². The van der Waals surface area contributed by atoms with Gasteiger partial charge in [-0.05, 0) is 18.8 Å². The Morgan fingerprint density at radius 3 is 2.20 bits per heavy atom. The Labute approximate surface area is 123 Å². The number of hydrogen-bond donors (Lipinski definition) is 0. The normalized spacial score (nSPS) is 11.2. The average molecular weight is 285 g/mol. The van der Waals surface area contributed by atoms with E-state index in [1.54, 1.807) is 4.90 Å². The first-order valence-electron chi connectivity index (χ1n) is 7.69. The highest BCUT2D eigenvalue weighted by Gasteiger charge is 2.09. The molecule has 0 fully saturated rings. The molecule has 4 heteroatoms. The van der Waals surface area contributed by atoms with Gasteiger partial charge in [-0.3, -0.25) is 9.59 Å². The van der Waals surface area contributed by atoms with Crippen molar-refractivity contribution in [1.82, 2.24) is 4.90 Å². The third-order valence-electron chi connectivity index (χ3n) is 3.30. The minimum atomic E-state index is 0.0623. The number of Topliss-reactive ketones (excluding diaryl/α,β-unsaturated/α-hetero) is 1. The van der Waals surface area contributed by atoms with Crippen molar-refractivity contribution in [3.8, 4) is 0 Å². The number of carbonyl (C=O) groups is 2. The molecule has 0 radical (unpaired) electrons. The van der Waals surface area contributed by atoms with Crippen molar-refractivity contribution in [2.45, 2.75) is 53.4 Å². The predicted octanol–water partition coefficient (Wildman–Crippen LogP) is 2.90. The van der Waals surface area contributed by atoms with E-state index in [-0.39, 0.29) is 17.6 Å². The van der Waals surface area contributed by atoms with E-state index < -0.39 is 0 Å². The molecule has 0 aromatic carbocycles. The predicted molar refractivity (Wildman–Crippen MR) is 81.6 cm³/mol. The Hall–Kier alpha value is -0.900. The van der Waals surface area contributed by atoms with E-state index in [1.807, 2.05) is 20.9 Å². The van der Waals surface area contributed by atoms with E-state index in [1.165, 1.54) is 0 Å². The average Bonchev–Trinajstić information content (AvgIpc) is 2.36. The quantitative estimate of drug-likeness (QED) is 0.548. The van der Waals surface area contributed by atoms with Gasteiger partial charge in [-0.1, -0.05) is 27.7 Å². The van der Waals surface area contributed by atoms with Crippen LogP contribution in [0.3, 0.4) is 0 Å². The molecule has 20 heavy (non-hydrogen) atoms. The SMILES string of the molecule is CC(C)CCCN(C)C(=O)CCOCCC(=O)C(C)C. The molecule has 0 saturated heterocycles. The first-order chi connectivity index (χ1) is 9.34. The summed E-state index contributed by atoms with van der Waals surface area (Å²) in [5.74, 6) is 1.07. The van der Waals surface area contributed by atoms with Gasteiger partial charge < -0.3 is 9.64 Å². The minimum Gasteiger partial charge on any atom is -0.380 e. The second-order valence-electron chi connectivity index (χ2n) is 6.08. The number of amides is 1. The zero-order chi connectivity index (χ0) is 15.5. The highest BCUT2D eigenvalue weighted by Crippen LogP contribution is 2.05. The van der Waals surface area contributed by atoms with Crippen LogP contribution in [0.1, 0.15) is 53.4 Å². The van der Waals surface area contributed by atoms with Gasteiger partial charge in [0.2, 0.25) is 5.91 Å². The monoisotopic (exact) mass is 285 g/mol. The highest BCUT2D eigenvalue weighted by atomic mass is 16.5. The van der Waals surface area contributed by atoms with Crippen LogP contribution >= 0.6 is 0 Å². The zero-order valence-electron chi connectivity index (χ0n) is 13.8. The number of nitrogens with zero attached hydrogens (tertiary/aromatic N) is 1. The molecule has 0 aromatic rings. The maximum absolute atomic E-state index is 11.8. The third-order valence-corrected chi connectivity index (χ3v) is 3.30. The van der Waals surface area contributed by atoms with Crippen LogP contribution in [0.15, 0.2) is 0 Å². The van der Waals surface area contributed by atoms with Crippen molar-refractivity contribution in [1.29, 1.82) is 0 Å². The molecule has 0 aromatic heterocycles. The van der Waals surface area contributed by atoms with Crippen molar-refractivity contribution in [3.63, 3.8) is 0 Å². The lowest BCUT2D eigenvalue weighted by Crippen LogP contribution is -2.28. The molecule has 0 aliphatic carbocycles. The summed E-state index contributed by atoms with van der Waals surface area (Å²) in [5.41, 5.74) is 0. The van der Waals surface area contributed by atoms with E-state index in [2.05, 4.69) is 13.8 Å². The second kappa shape index (κ2) is 10.8. The van der Waals surface area contributed by atoms with Gasteiger partial charge in [0.25, 0.3) is 0 Å². The van der Waals surface area contributed by atoms with Crippen LogP contribution in [0.25, 0.3) is 0 Å². The van der Waals surface area contributed by atoms with Gasteiger partial charge in [0.1, 0.15) is 5.78 Å². The molecule has 0 bridgehead atoms. The largest absolute Gasteiger partial charge is 0.380 e. The molecule has 0 unspecified atom stereocenters. The van der Waals surface area contributed by atoms with Crippen molar-refractivity contribution >= 4 is 11.7 Å². The van der Waals surface area contributed by atoms with E-state index in [0.29, 0.717) is 32.0 Å². The number of carbonyl (C=O) groups excluding carboxylic acids is 2. The molecule has 0 heterocycles. The van der Waals surface area contributed by atoms with Gasteiger partial charge in [-0.2, -0.15) is 0 Å². The topological polar surface area (TPSA) is 46.6 Å². The Morgan fingerprint density at radius 2 is 1.65 bits per heavy atom. The number of hydrogen-bond acceptors (Lipinski definition) is 3. The van der Waals surface area contributed by atoms with E-state index in [4.69, 9.17) is 4.74 Å². The van der Waals surface area contributed by atoms with Gasteiger partial charge >= 0.3 is 0 Å². The highest BCUT2D eigenvalue weighted by molar-refractivity contribution is 5.80. The lowest BCUT2D eigenvalue weighted by atomic mass is 10.1. The molecule has 0 spiro atoms. The molecule has 0 rings (SSSR count). The molecular weight excluding hydrogens is 254 g/mol. The van der Waals surface area contributed by atoms with Gasteiger partial charge in [0.15, 0.2) is 0 Å². The van der Waals surface area contributed by atoms with Gasteiger partial charge in [0, 0.05) is 25.9 Å². The van der Waals surface area contributed by atoms with Gasteiger partial charge in [0.05, 0.1) is 19.6 Å². The molecule has 118 valence electrons. The Bertz CT molecular complexity index is 287. The van der Waals surface area contributed by atoms with Crippen LogP contribution in [0.4, 0.5) is 0 Å². The maximum Gasteiger partial charge on any atom is 0.224 e. The summed E-state index contributed by atoms with van der Waals surface area (Å²) >= 11 is 0. The molecule has 0 atom stereocenters. The van der Waals surface area contributed by atoms with Crippen molar-refractivity contribution in [2.75, 3.05) is 26.8 Å². The van der Waals surface area contributed by atoms with Crippen molar-refractivity contribution in [3.05, 3.63) is 0 Å². The van der Waals surface area contributed by atoms with Crippen LogP contribution in [0.2, 0.25) is 0 Å². The Morgan fingerprint density at radius 1 is 1.05 bits per heavy atom. The van der Waals surface area contributed by atoms with Crippen LogP contribution in [-0.4, -0.2) is 43.4 Å². The van der Waals surface area contributed by atoms with E-state index in [9.17, 15) is 9.59 Å². The zero-order valence-corrected chi connectivity index (χ0v) is 13.8. The molecule has 0 aliphatic heterocycles. The molecule has 0 saturated carbocycles. The summed E-state index contributed by atoms with van der Waals surface area (Å²) in [6.45, 7) is 9.78. The fourth-order valence-corrected chi connectivity index (χ4v) is 1.78. The summed E-state index contributed by atoms with van der Waals surface area (Å²) < 4.78 is 5.35. The molecular formula is C16H31NO3. The van der Waals surface area contributed by atoms with E-state index in [0.717, 1.165) is 19.4 Å².